The van der Waals surface area contributed by atoms with E-state index < -0.39 is 96.7 Å². The average molecular weight is 1130 g/mol. The number of carboxylic acid groups (broad SMARTS) is 1. The van der Waals surface area contributed by atoms with Crippen molar-refractivity contribution in [3.8, 4) is 11.4 Å². The molecular weight excluding hydrogens is 1070 g/mol. The van der Waals surface area contributed by atoms with E-state index in [9.17, 15) is 63.0 Å². The van der Waals surface area contributed by atoms with E-state index in [0.29, 0.717) is 82.2 Å². The number of nitrogens with zero attached hydrogens (tertiary/aromatic N) is 5. The summed E-state index contributed by atoms with van der Waals surface area (Å²) in [7, 11) is 0. The molecule has 3 aliphatic heterocycles. The van der Waals surface area contributed by atoms with Gasteiger partial charge >= 0.3 is 11.9 Å². The highest BCUT2D eigenvalue weighted by Gasteiger charge is 2.46. The lowest BCUT2D eigenvalue weighted by Gasteiger charge is -2.31. The van der Waals surface area contributed by atoms with Crippen molar-refractivity contribution in [1.29, 1.82) is 0 Å². The van der Waals surface area contributed by atoms with Gasteiger partial charge in [0.1, 0.15) is 18.5 Å². The number of aliphatic carboxylic acids is 1. The summed E-state index contributed by atoms with van der Waals surface area (Å²) >= 11 is 0. The number of pyridine rings is 2. The zero-order valence-electron chi connectivity index (χ0n) is 45.5. The number of aliphatic hydroxyl groups is 1. The number of nitrogens with two attached hydrogens (primary N) is 1. The fourth-order valence-electron chi connectivity index (χ4n) is 11.0. The first kappa shape index (κ1) is 59.4. The Kier molecular flexibility index (Phi) is 18.7. The second kappa shape index (κ2) is 25.8. The van der Waals surface area contributed by atoms with Crippen molar-refractivity contribution in [2.45, 2.75) is 109 Å². The molecule has 8 N–H and O–H groups in total. The zero-order chi connectivity index (χ0) is 59.0. The van der Waals surface area contributed by atoms with Gasteiger partial charge in [0, 0.05) is 80.2 Å². The van der Waals surface area contributed by atoms with Crippen LogP contribution >= 0.6 is 0 Å². The number of nitrogens with one attached hydrogen (secondary N) is 4. The topological polar surface area (TPSA) is 339 Å². The maximum atomic E-state index is 15.5. The standard InChI is InChI=1S/C57H65FN10O14/c1-3-57(81)37-24-42-53-35(27-68(42)54(78)36(37)31-82-56(57)80)52-39(16-15-34-32(2)38(58)25-40(64-53)51(34)52)62-45(71)14-10-20-66(28-43(59)69)55(79)41(23-33-11-6-4-7-12-33)63-46(72)26-61-47(73)29-65(30-50(76)77)22-19-60-44(70)13-8-5-9-21-67-48(74)17-18-49(67)75/h4,6-7,11-12,17-18,24-25,39,41,81H,3,5,8-10,13-16,19-23,26-31H2,1-2H3,(H2,59,69)(H,60,70)(H,61,73)(H,62,71)(H,63,72)(H,76,77)/t39-,41-,57-/m0/s1. The molecule has 5 heterocycles. The molecule has 0 saturated heterocycles. The number of rotatable bonds is 27. The molecule has 8 rings (SSSR count). The Labute approximate surface area is 469 Å². The van der Waals surface area contributed by atoms with Crippen LogP contribution in [0.3, 0.4) is 0 Å². The average Bonchev–Trinajstić information content (AvgIpc) is 1.83. The Balaban J connectivity index is 0.883. The number of esters is 1. The number of hydrogen-bond acceptors (Lipinski definition) is 15. The number of hydrogen-bond donors (Lipinski definition) is 7. The normalized spacial score (nSPS) is 17.0. The number of benzene rings is 2. The van der Waals surface area contributed by atoms with E-state index >= 15 is 4.39 Å². The highest BCUT2D eigenvalue weighted by Crippen LogP contribution is 2.46. The number of primary amides is 1. The molecular formula is C57H65FN10O14. The molecule has 0 saturated carbocycles. The van der Waals surface area contributed by atoms with Gasteiger partial charge < -0.3 is 51.4 Å². The number of carboxylic acids is 1. The Morgan fingerprint density at radius 3 is 2.32 bits per heavy atom. The van der Waals surface area contributed by atoms with Crippen molar-refractivity contribution in [2.75, 3.05) is 52.4 Å². The Bertz CT molecular complexity index is 3330. The summed E-state index contributed by atoms with van der Waals surface area (Å²) in [5, 5.41) is 32.4. The molecule has 0 fully saturated rings. The van der Waals surface area contributed by atoms with Crippen LogP contribution in [0.25, 0.3) is 22.3 Å². The van der Waals surface area contributed by atoms with E-state index in [4.69, 9.17) is 15.5 Å². The van der Waals surface area contributed by atoms with Crippen LogP contribution in [0.4, 0.5) is 4.39 Å². The van der Waals surface area contributed by atoms with Crippen LogP contribution in [0, 0.1) is 12.7 Å². The van der Waals surface area contributed by atoms with Gasteiger partial charge in [0.25, 0.3) is 17.4 Å². The van der Waals surface area contributed by atoms with E-state index in [1.54, 1.807) is 50.2 Å². The molecule has 4 aromatic rings. The minimum Gasteiger partial charge on any atom is -0.480 e. The number of carbonyl (C=O) groups excluding carboxylic acids is 9. The molecule has 434 valence electrons. The van der Waals surface area contributed by atoms with Crippen molar-refractivity contribution in [3.63, 3.8) is 0 Å². The summed E-state index contributed by atoms with van der Waals surface area (Å²) in [6, 6.07) is 9.58. The summed E-state index contributed by atoms with van der Waals surface area (Å²) < 4.78 is 22.2. The number of fused-ring (bicyclic) bond motifs is 5. The van der Waals surface area contributed by atoms with Crippen LogP contribution in [0.1, 0.15) is 103 Å². The van der Waals surface area contributed by atoms with E-state index in [1.165, 1.54) is 27.7 Å². The maximum Gasteiger partial charge on any atom is 0.343 e. The lowest BCUT2D eigenvalue weighted by molar-refractivity contribution is -0.172. The van der Waals surface area contributed by atoms with Gasteiger partial charge in [-0.2, -0.15) is 0 Å². The van der Waals surface area contributed by atoms with E-state index in [2.05, 4.69) is 21.3 Å². The molecule has 24 nitrogen and oxygen atoms in total. The fourth-order valence-corrected chi connectivity index (χ4v) is 11.0. The number of aryl methyl sites for hydroxylation is 1. The first-order valence-corrected chi connectivity index (χ1v) is 27.2. The molecule has 8 amide bonds. The first-order valence-electron chi connectivity index (χ1n) is 27.2. The van der Waals surface area contributed by atoms with Gasteiger partial charge in [-0.15, -0.1) is 0 Å². The smallest absolute Gasteiger partial charge is 0.343 e. The number of cyclic esters (lactones) is 1. The molecule has 0 unspecified atom stereocenters. The van der Waals surface area contributed by atoms with E-state index in [1.807, 2.05) is 0 Å². The maximum absolute atomic E-state index is 15.5. The van der Waals surface area contributed by atoms with Crippen molar-refractivity contribution < 1.29 is 67.3 Å². The van der Waals surface area contributed by atoms with Crippen molar-refractivity contribution in [2.24, 2.45) is 5.73 Å². The predicted octanol–water partition coefficient (Wildman–Crippen LogP) is 0.557. The Hall–Kier alpha value is -8.71. The van der Waals surface area contributed by atoms with Crippen molar-refractivity contribution in [1.82, 2.24) is 45.5 Å². The third-order valence-electron chi connectivity index (χ3n) is 15.2. The number of unbranched alkanes of at least 4 members (excludes halogenated alkanes) is 2. The van der Waals surface area contributed by atoms with Crippen LogP contribution in [-0.2, 0) is 84.3 Å². The van der Waals surface area contributed by atoms with Crippen LogP contribution in [0.15, 0.2) is 59.4 Å². The van der Waals surface area contributed by atoms with Crippen molar-refractivity contribution in [3.05, 3.63) is 110 Å². The largest absolute Gasteiger partial charge is 0.480 e. The molecule has 2 aromatic heterocycles. The van der Waals surface area contributed by atoms with Gasteiger partial charge in [0.05, 0.1) is 61.2 Å². The molecule has 82 heavy (non-hydrogen) atoms. The Morgan fingerprint density at radius 2 is 1.61 bits per heavy atom. The first-order chi connectivity index (χ1) is 39.2. The molecule has 3 atom stereocenters. The van der Waals surface area contributed by atoms with Gasteiger partial charge in [0.15, 0.2) is 5.60 Å². The summed E-state index contributed by atoms with van der Waals surface area (Å²) in [6.07, 6.45) is 4.59. The highest BCUT2D eigenvalue weighted by molar-refractivity contribution is 6.12. The highest BCUT2D eigenvalue weighted by atomic mass is 19.1. The van der Waals surface area contributed by atoms with Gasteiger partial charge in [-0.05, 0) is 73.8 Å². The van der Waals surface area contributed by atoms with Crippen LogP contribution < -0.4 is 32.6 Å². The lowest BCUT2D eigenvalue weighted by atomic mass is 9.81. The molecule has 4 aliphatic rings. The lowest BCUT2D eigenvalue weighted by Crippen LogP contribution is -2.53. The van der Waals surface area contributed by atoms with Crippen LogP contribution in [-0.4, -0.2) is 152 Å². The minimum atomic E-state index is -2.08. The summed E-state index contributed by atoms with van der Waals surface area (Å²) in [5.74, 6) is -7.23. The van der Waals surface area contributed by atoms with Crippen molar-refractivity contribution >= 4 is 70.1 Å². The fraction of sp³-hybridized carbons (Fsp3) is 0.439. The second-order valence-corrected chi connectivity index (χ2v) is 20.8. The van der Waals surface area contributed by atoms with Crippen LogP contribution in [0.5, 0.6) is 0 Å². The number of halogens is 1. The van der Waals surface area contributed by atoms with Gasteiger partial charge in [-0.3, -0.25) is 57.7 Å². The quantitative estimate of drug-likeness (QED) is 0.0215. The molecule has 1 aliphatic carbocycles. The number of carbonyl (C=O) groups is 10. The predicted molar refractivity (Wildman–Crippen MR) is 290 cm³/mol. The Morgan fingerprint density at radius 1 is 0.878 bits per heavy atom. The van der Waals surface area contributed by atoms with Gasteiger partial charge in [0.2, 0.25) is 35.4 Å². The zero-order valence-corrected chi connectivity index (χ0v) is 45.5. The summed E-state index contributed by atoms with van der Waals surface area (Å²) in [4.78, 5) is 150. The SMILES string of the molecule is CC[C@@]1(O)C(=O)OCc2c1cc1n(c2=O)Cc2c-1nc1cc(F)c(C)c3c1c2[C@@H](NC(=O)CCCN(CC(N)=O)C(=O)[C@H](Cc1ccccc1)NC(=O)CNC(=O)CN(CCNC(=O)CCCCCN1C(=O)C=CC1=O)CC(=O)O)CC3. The molecule has 0 radical (unpaired) electrons. The number of imide groups is 1. The van der Waals surface area contributed by atoms with E-state index in [-0.39, 0.29) is 100 Å². The van der Waals surface area contributed by atoms with Crippen LogP contribution in [0.2, 0.25) is 0 Å². The molecule has 25 heteroatoms. The number of ether oxygens (including phenoxy) is 1. The minimum absolute atomic E-state index is 0.00426. The molecule has 0 spiro atoms. The summed E-state index contributed by atoms with van der Waals surface area (Å²) in [6.45, 7) is 0.779. The molecule has 0 bridgehead atoms. The van der Waals surface area contributed by atoms with Gasteiger partial charge in [-0.1, -0.05) is 43.7 Å². The van der Waals surface area contributed by atoms with E-state index in [0.717, 1.165) is 9.80 Å². The third kappa shape index (κ3) is 13.4. The second-order valence-electron chi connectivity index (χ2n) is 20.8. The molecule has 2 aromatic carbocycles. The number of amides is 8. The number of aromatic nitrogens is 2. The van der Waals surface area contributed by atoms with Gasteiger partial charge in [-0.25, -0.2) is 14.2 Å². The third-order valence-corrected chi connectivity index (χ3v) is 15.2. The monoisotopic (exact) mass is 1130 g/mol. The summed E-state index contributed by atoms with van der Waals surface area (Å²) in [5.41, 5.74) is 7.24.